The third-order valence-corrected chi connectivity index (χ3v) is 5.46. The predicted octanol–water partition coefficient (Wildman–Crippen LogP) is 5.15. The fraction of sp³-hybridized carbons (Fsp3) is 0.174. The highest BCUT2D eigenvalue weighted by Crippen LogP contribution is 2.39. The summed E-state index contributed by atoms with van der Waals surface area (Å²) in [7, 11) is 4.23. The van der Waals surface area contributed by atoms with Gasteiger partial charge in [-0.1, -0.05) is 12.1 Å². The summed E-state index contributed by atoms with van der Waals surface area (Å²) in [5.74, 6) is 0.985. The van der Waals surface area contributed by atoms with E-state index in [2.05, 4.69) is 9.97 Å². The number of H-pyrrole nitrogens is 1. The maximum atomic E-state index is 14.2. The summed E-state index contributed by atoms with van der Waals surface area (Å²) in [5, 5.41) is -0.655. The Morgan fingerprint density at radius 3 is 2.32 bits per heavy atom. The SMILES string of the molecule is COc1ccc(OC)c(-c2cc(C(F)(F)F)c3c(=O)[nH]c(=S)n(-c4ccccc4OC)c3n2)c1. The van der Waals surface area contributed by atoms with Gasteiger partial charge in [0.05, 0.1) is 43.7 Å². The van der Waals surface area contributed by atoms with Gasteiger partial charge in [-0.15, -0.1) is 0 Å². The molecule has 1 N–H and O–H groups in total. The zero-order valence-electron chi connectivity index (χ0n) is 18.2. The minimum absolute atomic E-state index is 0.0841. The van der Waals surface area contributed by atoms with Crippen LogP contribution in [0, 0.1) is 4.77 Å². The largest absolute Gasteiger partial charge is 0.497 e. The van der Waals surface area contributed by atoms with E-state index in [0.717, 1.165) is 6.07 Å². The number of hydrogen-bond donors (Lipinski definition) is 1. The molecule has 0 aliphatic rings. The van der Waals surface area contributed by atoms with Crippen molar-refractivity contribution in [3.63, 3.8) is 0 Å². The lowest BCUT2D eigenvalue weighted by molar-refractivity contribution is -0.136. The molecular formula is C23H18F3N3O4S. The number of nitrogens with zero attached hydrogens (tertiary/aromatic N) is 2. The molecule has 0 fully saturated rings. The highest BCUT2D eigenvalue weighted by atomic mass is 32.1. The van der Waals surface area contributed by atoms with Gasteiger partial charge in [0.15, 0.2) is 10.4 Å². The zero-order chi connectivity index (χ0) is 24.6. The van der Waals surface area contributed by atoms with Gasteiger partial charge in [-0.2, -0.15) is 13.2 Å². The first-order chi connectivity index (χ1) is 16.2. The van der Waals surface area contributed by atoms with Crippen LogP contribution in [0.1, 0.15) is 5.56 Å². The minimum atomic E-state index is -4.86. The maximum Gasteiger partial charge on any atom is 0.417 e. The number of aromatic amines is 1. The van der Waals surface area contributed by atoms with E-state index >= 15 is 0 Å². The average molecular weight is 489 g/mol. The molecule has 0 aliphatic carbocycles. The molecule has 0 amide bonds. The van der Waals surface area contributed by atoms with E-state index in [0.29, 0.717) is 17.2 Å². The second-order valence-corrected chi connectivity index (χ2v) is 7.47. The number of aromatic nitrogens is 3. The van der Waals surface area contributed by atoms with Crippen LogP contribution in [0.25, 0.3) is 28.0 Å². The molecule has 2 aromatic carbocycles. The molecule has 0 aliphatic heterocycles. The summed E-state index contributed by atoms with van der Waals surface area (Å²) >= 11 is 5.33. The smallest absolute Gasteiger partial charge is 0.417 e. The topological polar surface area (TPSA) is 78.4 Å². The van der Waals surface area contributed by atoms with Crippen molar-refractivity contribution in [2.24, 2.45) is 0 Å². The number of rotatable bonds is 5. The van der Waals surface area contributed by atoms with Crippen molar-refractivity contribution in [2.45, 2.75) is 6.18 Å². The summed E-state index contributed by atoms with van der Waals surface area (Å²) in [6.45, 7) is 0. The Bertz CT molecular complexity index is 1510. The Balaban J connectivity index is 2.22. The van der Waals surface area contributed by atoms with Crippen LogP contribution in [0.4, 0.5) is 13.2 Å². The normalized spacial score (nSPS) is 11.5. The van der Waals surface area contributed by atoms with Crippen molar-refractivity contribution in [3.05, 3.63) is 69.2 Å². The number of para-hydroxylation sites is 2. The lowest BCUT2D eigenvalue weighted by atomic mass is 10.0. The van der Waals surface area contributed by atoms with Crippen molar-refractivity contribution in [2.75, 3.05) is 21.3 Å². The van der Waals surface area contributed by atoms with Crippen molar-refractivity contribution in [1.29, 1.82) is 0 Å². The number of pyridine rings is 1. The van der Waals surface area contributed by atoms with Crippen LogP contribution in [0.5, 0.6) is 17.2 Å². The zero-order valence-corrected chi connectivity index (χ0v) is 19.0. The van der Waals surface area contributed by atoms with E-state index in [1.807, 2.05) is 0 Å². The molecular weight excluding hydrogens is 471 g/mol. The van der Waals surface area contributed by atoms with Gasteiger partial charge in [-0.25, -0.2) is 4.98 Å². The molecule has 0 unspecified atom stereocenters. The molecule has 2 heterocycles. The summed E-state index contributed by atoms with van der Waals surface area (Å²) in [4.78, 5) is 19.5. The van der Waals surface area contributed by atoms with Crippen molar-refractivity contribution in [3.8, 4) is 34.2 Å². The lowest BCUT2D eigenvalue weighted by Gasteiger charge is -2.18. The lowest BCUT2D eigenvalue weighted by Crippen LogP contribution is -2.20. The van der Waals surface area contributed by atoms with Crippen LogP contribution in [0.3, 0.4) is 0 Å². The number of alkyl halides is 3. The van der Waals surface area contributed by atoms with E-state index in [9.17, 15) is 18.0 Å². The number of fused-ring (bicyclic) bond motifs is 1. The summed E-state index contributed by atoms with van der Waals surface area (Å²) in [6.07, 6.45) is -4.86. The highest BCUT2D eigenvalue weighted by Gasteiger charge is 2.36. The van der Waals surface area contributed by atoms with Gasteiger partial charge in [0.2, 0.25) is 0 Å². The molecule has 7 nitrogen and oxygen atoms in total. The molecule has 11 heteroatoms. The van der Waals surface area contributed by atoms with E-state index in [4.69, 9.17) is 26.4 Å². The highest BCUT2D eigenvalue weighted by molar-refractivity contribution is 7.71. The van der Waals surface area contributed by atoms with E-state index in [1.54, 1.807) is 36.4 Å². The molecule has 2 aromatic heterocycles. The molecule has 0 spiro atoms. The number of halogens is 3. The van der Waals surface area contributed by atoms with Crippen LogP contribution in [0.15, 0.2) is 53.3 Å². The van der Waals surface area contributed by atoms with Crippen molar-refractivity contribution < 1.29 is 27.4 Å². The Hall–Kier alpha value is -3.86. The predicted molar refractivity (Wildman–Crippen MR) is 123 cm³/mol. The van der Waals surface area contributed by atoms with E-state index in [1.165, 1.54) is 32.0 Å². The number of ether oxygens (including phenoxy) is 3. The molecule has 0 saturated heterocycles. The van der Waals surface area contributed by atoms with Gasteiger partial charge in [-0.05, 0) is 48.6 Å². The molecule has 0 radical (unpaired) electrons. The third kappa shape index (κ3) is 3.98. The Morgan fingerprint density at radius 2 is 1.68 bits per heavy atom. The summed E-state index contributed by atoms with van der Waals surface area (Å²) < 4.78 is 59.7. The maximum absolute atomic E-state index is 14.2. The molecule has 34 heavy (non-hydrogen) atoms. The van der Waals surface area contributed by atoms with Gasteiger partial charge in [0.25, 0.3) is 5.56 Å². The van der Waals surface area contributed by atoms with Crippen LogP contribution < -0.4 is 19.8 Å². The quantitative estimate of drug-likeness (QED) is 0.391. The monoisotopic (exact) mass is 489 g/mol. The summed E-state index contributed by atoms with van der Waals surface area (Å²) in [5.41, 5.74) is -1.99. The average Bonchev–Trinajstić information content (AvgIpc) is 2.82. The van der Waals surface area contributed by atoms with Crippen LogP contribution in [-0.2, 0) is 6.18 Å². The Labute approximate surface area is 196 Å². The fourth-order valence-corrected chi connectivity index (χ4v) is 3.92. The Morgan fingerprint density at radius 1 is 0.971 bits per heavy atom. The van der Waals surface area contributed by atoms with Gasteiger partial charge in [-0.3, -0.25) is 14.3 Å². The van der Waals surface area contributed by atoms with Gasteiger partial charge >= 0.3 is 6.18 Å². The molecule has 0 atom stereocenters. The molecule has 0 bridgehead atoms. The van der Waals surface area contributed by atoms with Gasteiger partial charge < -0.3 is 14.2 Å². The third-order valence-electron chi connectivity index (χ3n) is 5.18. The number of nitrogens with one attached hydrogen (secondary N) is 1. The van der Waals surface area contributed by atoms with Crippen LogP contribution >= 0.6 is 12.2 Å². The van der Waals surface area contributed by atoms with Gasteiger partial charge in [0.1, 0.15) is 17.2 Å². The van der Waals surface area contributed by atoms with Crippen LogP contribution in [-0.4, -0.2) is 35.9 Å². The van der Waals surface area contributed by atoms with E-state index < -0.39 is 22.7 Å². The molecule has 176 valence electrons. The van der Waals surface area contributed by atoms with Gasteiger partial charge in [0, 0.05) is 5.56 Å². The van der Waals surface area contributed by atoms with Crippen molar-refractivity contribution >= 4 is 23.3 Å². The first kappa shape index (κ1) is 23.3. The van der Waals surface area contributed by atoms with Crippen LogP contribution in [0.2, 0.25) is 0 Å². The number of benzene rings is 2. The standard InChI is InChI=1S/C23H18F3N3O4S/c1-31-12-8-9-17(32-2)13(10-12)15-11-14(23(24,25)26)19-20(27-15)29(22(34)28-21(19)30)16-6-4-5-7-18(16)33-3/h4-11H,1-3H3,(H,28,30,34). The minimum Gasteiger partial charge on any atom is -0.497 e. The first-order valence-corrected chi connectivity index (χ1v) is 10.2. The number of hydrogen-bond acceptors (Lipinski definition) is 6. The summed E-state index contributed by atoms with van der Waals surface area (Å²) in [6, 6.07) is 12.0. The van der Waals surface area contributed by atoms with E-state index in [-0.39, 0.29) is 27.4 Å². The molecule has 4 aromatic rings. The Kier molecular flexibility index (Phi) is 6.05. The second-order valence-electron chi connectivity index (χ2n) is 7.08. The molecule has 0 saturated carbocycles. The van der Waals surface area contributed by atoms with Crippen molar-refractivity contribution in [1.82, 2.24) is 14.5 Å². The first-order valence-electron chi connectivity index (χ1n) is 9.82. The fourth-order valence-electron chi connectivity index (χ4n) is 3.64. The number of methoxy groups -OCH3 is 3. The molecule has 4 rings (SSSR count). The second kappa shape index (κ2) is 8.82.